The second-order valence-corrected chi connectivity index (χ2v) is 4.41. The summed E-state index contributed by atoms with van der Waals surface area (Å²) in [5.74, 6) is 0.428. The maximum atomic E-state index is 11.5. The van der Waals surface area contributed by atoms with E-state index in [1.54, 1.807) is 0 Å². The first-order valence-electron chi connectivity index (χ1n) is 4.32. The SMILES string of the molecule is NC1CC(=O)N(c2ncc(Cl)nc2Br)C1. The molecule has 1 aromatic rings. The average molecular weight is 292 g/mol. The standard InChI is InChI=1S/C8H8BrClN4O/c9-7-8(12-2-5(10)13-7)14-3-4(11)1-6(14)15/h2,4H,1,3,11H2. The van der Waals surface area contributed by atoms with Crippen molar-refractivity contribution in [1.29, 1.82) is 0 Å². The molecule has 7 heteroatoms. The Labute approximate surface area is 99.8 Å². The highest BCUT2D eigenvalue weighted by Crippen LogP contribution is 2.26. The Morgan fingerprint density at radius 3 is 2.93 bits per heavy atom. The van der Waals surface area contributed by atoms with E-state index in [0.717, 1.165) is 0 Å². The van der Waals surface area contributed by atoms with Gasteiger partial charge in [0.1, 0.15) is 5.15 Å². The molecule has 1 atom stereocenters. The van der Waals surface area contributed by atoms with Crippen molar-refractivity contribution < 1.29 is 4.79 Å². The Morgan fingerprint density at radius 1 is 1.67 bits per heavy atom. The van der Waals surface area contributed by atoms with Gasteiger partial charge in [0.15, 0.2) is 10.4 Å². The van der Waals surface area contributed by atoms with Crippen LogP contribution in [0.2, 0.25) is 5.15 Å². The van der Waals surface area contributed by atoms with Crippen LogP contribution in [0.5, 0.6) is 0 Å². The molecule has 1 fully saturated rings. The van der Waals surface area contributed by atoms with Gasteiger partial charge in [0.25, 0.3) is 0 Å². The molecule has 0 radical (unpaired) electrons. The number of hydrogen-bond donors (Lipinski definition) is 1. The molecule has 1 unspecified atom stereocenters. The molecule has 0 spiro atoms. The number of aromatic nitrogens is 2. The van der Waals surface area contributed by atoms with Crippen LogP contribution < -0.4 is 10.6 Å². The van der Waals surface area contributed by atoms with E-state index in [1.807, 2.05) is 0 Å². The number of nitrogens with zero attached hydrogens (tertiary/aromatic N) is 3. The predicted molar refractivity (Wildman–Crippen MR) is 59.7 cm³/mol. The third kappa shape index (κ3) is 2.11. The first-order valence-corrected chi connectivity index (χ1v) is 5.49. The summed E-state index contributed by atoms with van der Waals surface area (Å²) in [6.45, 7) is 0.466. The summed E-state index contributed by atoms with van der Waals surface area (Å²) >= 11 is 8.87. The number of anilines is 1. The molecule has 0 aliphatic carbocycles. The highest BCUT2D eigenvalue weighted by atomic mass is 79.9. The maximum absolute atomic E-state index is 11.5. The number of carbonyl (C=O) groups excluding carboxylic acids is 1. The number of carbonyl (C=O) groups is 1. The molecule has 15 heavy (non-hydrogen) atoms. The van der Waals surface area contributed by atoms with Gasteiger partial charge in [0, 0.05) is 19.0 Å². The van der Waals surface area contributed by atoms with E-state index < -0.39 is 0 Å². The number of rotatable bonds is 1. The van der Waals surface area contributed by atoms with Gasteiger partial charge in [0.2, 0.25) is 5.91 Å². The Morgan fingerprint density at radius 2 is 2.40 bits per heavy atom. The summed E-state index contributed by atoms with van der Waals surface area (Å²) in [4.78, 5) is 21.1. The van der Waals surface area contributed by atoms with Crippen LogP contribution in [0.4, 0.5) is 5.82 Å². The van der Waals surface area contributed by atoms with Crippen LogP contribution in [0.25, 0.3) is 0 Å². The van der Waals surface area contributed by atoms with Gasteiger partial charge in [-0.25, -0.2) is 9.97 Å². The van der Waals surface area contributed by atoms with Crippen LogP contribution in [-0.4, -0.2) is 28.5 Å². The molecule has 1 aliphatic rings. The maximum Gasteiger partial charge on any atom is 0.229 e. The van der Waals surface area contributed by atoms with Crippen molar-refractivity contribution >= 4 is 39.3 Å². The quantitative estimate of drug-likeness (QED) is 0.836. The zero-order chi connectivity index (χ0) is 11.0. The molecule has 2 rings (SSSR count). The second kappa shape index (κ2) is 4.03. The van der Waals surface area contributed by atoms with E-state index in [4.69, 9.17) is 17.3 Å². The highest BCUT2D eigenvalue weighted by Gasteiger charge is 2.30. The van der Waals surface area contributed by atoms with Crippen molar-refractivity contribution in [2.75, 3.05) is 11.4 Å². The molecule has 1 aliphatic heterocycles. The molecule has 1 aromatic heterocycles. The molecule has 2 N–H and O–H groups in total. The lowest BCUT2D eigenvalue weighted by Crippen LogP contribution is -2.29. The number of halogens is 2. The summed E-state index contributed by atoms with van der Waals surface area (Å²) in [5.41, 5.74) is 5.68. The molecule has 1 saturated heterocycles. The Balaban J connectivity index is 2.34. The lowest BCUT2D eigenvalue weighted by Gasteiger charge is -2.15. The summed E-state index contributed by atoms with van der Waals surface area (Å²) in [6, 6.07) is -0.137. The minimum absolute atomic E-state index is 0.0418. The zero-order valence-electron chi connectivity index (χ0n) is 7.65. The fourth-order valence-electron chi connectivity index (χ4n) is 1.46. The molecule has 1 amide bonds. The van der Waals surface area contributed by atoms with Crippen LogP contribution in [0.15, 0.2) is 10.8 Å². The molecule has 0 saturated carbocycles. The van der Waals surface area contributed by atoms with Gasteiger partial charge in [-0.05, 0) is 15.9 Å². The van der Waals surface area contributed by atoms with Crippen LogP contribution in [0.1, 0.15) is 6.42 Å². The van der Waals surface area contributed by atoms with E-state index >= 15 is 0 Å². The molecule has 5 nitrogen and oxygen atoms in total. The topological polar surface area (TPSA) is 72.1 Å². The van der Waals surface area contributed by atoms with Gasteiger partial charge in [-0.15, -0.1) is 0 Å². The lowest BCUT2D eigenvalue weighted by molar-refractivity contribution is -0.117. The number of hydrogen-bond acceptors (Lipinski definition) is 4. The Bertz CT molecular complexity index is 414. The van der Waals surface area contributed by atoms with Gasteiger partial charge in [0.05, 0.1) is 6.20 Å². The fourth-order valence-corrected chi connectivity index (χ4v) is 2.20. The highest BCUT2D eigenvalue weighted by molar-refractivity contribution is 9.10. The van der Waals surface area contributed by atoms with Crippen molar-refractivity contribution in [3.63, 3.8) is 0 Å². The van der Waals surface area contributed by atoms with Gasteiger partial charge in [-0.3, -0.25) is 9.69 Å². The monoisotopic (exact) mass is 290 g/mol. The summed E-state index contributed by atoms with van der Waals surface area (Å²) in [5, 5.41) is 0.279. The van der Waals surface area contributed by atoms with Crippen LogP contribution in [0.3, 0.4) is 0 Å². The average Bonchev–Trinajstić information content (AvgIpc) is 2.45. The first-order chi connectivity index (χ1) is 7.08. The summed E-state index contributed by atoms with van der Waals surface area (Å²) < 4.78 is 0.456. The van der Waals surface area contributed by atoms with Gasteiger partial charge < -0.3 is 5.73 Å². The van der Waals surface area contributed by atoms with Crippen molar-refractivity contribution in [1.82, 2.24) is 9.97 Å². The van der Waals surface area contributed by atoms with Gasteiger partial charge in [-0.2, -0.15) is 0 Å². The molecule has 0 bridgehead atoms. The minimum Gasteiger partial charge on any atom is -0.326 e. The van der Waals surface area contributed by atoms with Crippen LogP contribution in [-0.2, 0) is 4.79 Å². The van der Waals surface area contributed by atoms with Crippen LogP contribution >= 0.6 is 27.5 Å². The third-order valence-electron chi connectivity index (χ3n) is 2.09. The first kappa shape index (κ1) is 10.8. The van der Waals surface area contributed by atoms with Crippen molar-refractivity contribution in [2.45, 2.75) is 12.5 Å². The van der Waals surface area contributed by atoms with E-state index in [1.165, 1.54) is 11.1 Å². The van der Waals surface area contributed by atoms with E-state index in [0.29, 0.717) is 23.4 Å². The predicted octanol–water partition coefficient (Wildman–Crippen LogP) is 0.956. The Kier molecular flexibility index (Phi) is 2.90. The van der Waals surface area contributed by atoms with Gasteiger partial charge in [-0.1, -0.05) is 11.6 Å². The fraction of sp³-hybridized carbons (Fsp3) is 0.375. The normalized spacial score (nSPS) is 21.1. The lowest BCUT2D eigenvalue weighted by atomic mass is 10.3. The second-order valence-electron chi connectivity index (χ2n) is 3.28. The molecule has 80 valence electrons. The molecule has 2 heterocycles. The number of nitrogens with two attached hydrogens (primary N) is 1. The summed E-state index contributed by atoms with van der Waals surface area (Å²) in [7, 11) is 0. The third-order valence-corrected chi connectivity index (χ3v) is 2.81. The van der Waals surface area contributed by atoms with E-state index in [2.05, 4.69) is 25.9 Å². The summed E-state index contributed by atoms with van der Waals surface area (Å²) in [6.07, 6.45) is 1.75. The van der Waals surface area contributed by atoms with E-state index in [9.17, 15) is 4.79 Å². The smallest absolute Gasteiger partial charge is 0.229 e. The zero-order valence-corrected chi connectivity index (χ0v) is 9.99. The van der Waals surface area contributed by atoms with Crippen molar-refractivity contribution in [3.8, 4) is 0 Å². The minimum atomic E-state index is -0.137. The molecule has 0 aromatic carbocycles. The van der Waals surface area contributed by atoms with Crippen molar-refractivity contribution in [2.24, 2.45) is 5.73 Å². The van der Waals surface area contributed by atoms with Crippen molar-refractivity contribution in [3.05, 3.63) is 16.0 Å². The number of amides is 1. The molecular weight excluding hydrogens is 283 g/mol. The van der Waals surface area contributed by atoms with Gasteiger partial charge >= 0.3 is 0 Å². The largest absolute Gasteiger partial charge is 0.326 e. The van der Waals surface area contributed by atoms with E-state index in [-0.39, 0.29) is 17.1 Å². The molecular formula is C8H8BrClN4O. The van der Waals surface area contributed by atoms with Crippen LogP contribution in [0, 0.1) is 0 Å². The Hall–Kier alpha value is -0.720.